The number of aromatic nitrogens is 3. The SMILES string of the molecule is CC[C@@H](Sc1nc2ccncc2[nH]1)C(=O)NCCc1ccccc1. The highest BCUT2D eigenvalue weighted by atomic mass is 32.2. The summed E-state index contributed by atoms with van der Waals surface area (Å²) >= 11 is 1.46. The van der Waals surface area contributed by atoms with E-state index >= 15 is 0 Å². The minimum atomic E-state index is -0.158. The van der Waals surface area contributed by atoms with E-state index in [4.69, 9.17) is 0 Å². The zero-order chi connectivity index (χ0) is 16.8. The Bertz CT molecular complexity index is 770. The minimum absolute atomic E-state index is 0.0528. The molecule has 0 aliphatic carbocycles. The van der Waals surface area contributed by atoms with Gasteiger partial charge in [0.2, 0.25) is 5.91 Å². The molecule has 0 aliphatic heterocycles. The summed E-state index contributed by atoms with van der Waals surface area (Å²) in [6.45, 7) is 2.66. The Balaban J connectivity index is 1.55. The van der Waals surface area contributed by atoms with Gasteiger partial charge < -0.3 is 10.3 Å². The Labute approximate surface area is 145 Å². The normalized spacial score (nSPS) is 12.2. The number of fused-ring (bicyclic) bond motifs is 1. The molecule has 24 heavy (non-hydrogen) atoms. The fourth-order valence-corrected chi connectivity index (χ4v) is 3.38. The molecule has 1 aromatic carbocycles. The number of imidazole rings is 1. The lowest BCUT2D eigenvalue weighted by Crippen LogP contribution is -2.33. The Morgan fingerprint density at radius 3 is 2.88 bits per heavy atom. The first-order chi connectivity index (χ1) is 11.8. The van der Waals surface area contributed by atoms with Gasteiger partial charge in [0.15, 0.2) is 5.16 Å². The maximum Gasteiger partial charge on any atom is 0.233 e. The lowest BCUT2D eigenvalue weighted by Gasteiger charge is -2.13. The molecule has 124 valence electrons. The molecule has 0 saturated heterocycles. The van der Waals surface area contributed by atoms with Crippen molar-refractivity contribution in [1.29, 1.82) is 0 Å². The molecule has 6 heteroatoms. The average Bonchev–Trinajstić information content (AvgIpc) is 3.03. The highest BCUT2D eigenvalue weighted by molar-refractivity contribution is 8.00. The van der Waals surface area contributed by atoms with Gasteiger partial charge in [0, 0.05) is 12.7 Å². The summed E-state index contributed by atoms with van der Waals surface area (Å²) in [4.78, 5) is 24.2. The number of nitrogens with zero attached hydrogens (tertiary/aromatic N) is 2. The van der Waals surface area contributed by atoms with Crippen LogP contribution in [-0.2, 0) is 11.2 Å². The minimum Gasteiger partial charge on any atom is -0.355 e. The number of aromatic amines is 1. The number of carbonyl (C=O) groups excluding carboxylic acids is 1. The van der Waals surface area contributed by atoms with Crippen LogP contribution in [0.15, 0.2) is 53.9 Å². The number of hydrogen-bond acceptors (Lipinski definition) is 4. The van der Waals surface area contributed by atoms with Gasteiger partial charge in [-0.25, -0.2) is 4.98 Å². The van der Waals surface area contributed by atoms with Crippen LogP contribution in [0.5, 0.6) is 0 Å². The Hall–Kier alpha value is -2.34. The van der Waals surface area contributed by atoms with Gasteiger partial charge in [-0.3, -0.25) is 9.78 Å². The molecule has 0 bridgehead atoms. The maximum atomic E-state index is 12.4. The van der Waals surface area contributed by atoms with Crippen molar-refractivity contribution in [2.75, 3.05) is 6.54 Å². The van der Waals surface area contributed by atoms with E-state index in [0.717, 1.165) is 29.0 Å². The number of H-pyrrole nitrogens is 1. The van der Waals surface area contributed by atoms with Crippen LogP contribution in [0.2, 0.25) is 0 Å². The zero-order valence-corrected chi connectivity index (χ0v) is 14.3. The van der Waals surface area contributed by atoms with Crippen LogP contribution in [0.3, 0.4) is 0 Å². The van der Waals surface area contributed by atoms with E-state index in [2.05, 4.69) is 32.4 Å². The average molecular weight is 340 g/mol. The van der Waals surface area contributed by atoms with E-state index in [0.29, 0.717) is 6.54 Å². The number of pyridine rings is 1. The number of thioether (sulfide) groups is 1. The molecule has 2 N–H and O–H groups in total. The summed E-state index contributed by atoms with van der Waals surface area (Å²) < 4.78 is 0. The summed E-state index contributed by atoms with van der Waals surface area (Å²) in [7, 11) is 0. The maximum absolute atomic E-state index is 12.4. The first kappa shape index (κ1) is 16.5. The molecule has 3 aromatic rings. The molecule has 2 heterocycles. The molecule has 5 nitrogen and oxygen atoms in total. The predicted molar refractivity (Wildman–Crippen MR) is 97.0 cm³/mol. The fourth-order valence-electron chi connectivity index (χ4n) is 2.43. The number of rotatable bonds is 7. The third-order valence-electron chi connectivity index (χ3n) is 3.73. The highest BCUT2D eigenvalue weighted by Gasteiger charge is 2.19. The van der Waals surface area contributed by atoms with Gasteiger partial charge in [-0.1, -0.05) is 49.0 Å². The van der Waals surface area contributed by atoms with Crippen molar-refractivity contribution in [1.82, 2.24) is 20.3 Å². The number of amides is 1. The van der Waals surface area contributed by atoms with E-state index in [9.17, 15) is 4.79 Å². The second-order valence-corrected chi connectivity index (χ2v) is 6.67. The van der Waals surface area contributed by atoms with Crippen LogP contribution in [0.1, 0.15) is 18.9 Å². The lowest BCUT2D eigenvalue weighted by molar-refractivity contribution is -0.120. The van der Waals surface area contributed by atoms with Crippen molar-refractivity contribution < 1.29 is 4.79 Å². The monoisotopic (exact) mass is 340 g/mol. The van der Waals surface area contributed by atoms with Crippen LogP contribution in [-0.4, -0.2) is 32.7 Å². The Kier molecular flexibility index (Phi) is 5.48. The fraction of sp³-hybridized carbons (Fsp3) is 0.278. The van der Waals surface area contributed by atoms with Gasteiger partial charge in [-0.15, -0.1) is 0 Å². The van der Waals surface area contributed by atoms with Gasteiger partial charge in [0.05, 0.1) is 22.5 Å². The van der Waals surface area contributed by atoms with Gasteiger partial charge in [-0.2, -0.15) is 0 Å². The third-order valence-corrected chi connectivity index (χ3v) is 4.98. The largest absolute Gasteiger partial charge is 0.355 e. The number of hydrogen-bond donors (Lipinski definition) is 2. The highest BCUT2D eigenvalue weighted by Crippen LogP contribution is 2.25. The van der Waals surface area contributed by atoms with Crippen LogP contribution in [0.4, 0.5) is 0 Å². The summed E-state index contributed by atoms with van der Waals surface area (Å²) in [5.74, 6) is 0.0528. The van der Waals surface area contributed by atoms with Crippen molar-refractivity contribution >= 4 is 28.7 Å². The van der Waals surface area contributed by atoms with Gasteiger partial charge >= 0.3 is 0 Å². The first-order valence-electron chi connectivity index (χ1n) is 8.04. The molecule has 3 rings (SSSR count). The van der Waals surface area contributed by atoms with Crippen molar-refractivity contribution in [2.24, 2.45) is 0 Å². The molecule has 0 unspecified atom stereocenters. The van der Waals surface area contributed by atoms with Gasteiger partial charge in [0.25, 0.3) is 0 Å². The molecule has 0 radical (unpaired) electrons. The molecule has 1 atom stereocenters. The second-order valence-electron chi connectivity index (χ2n) is 5.48. The summed E-state index contributed by atoms with van der Waals surface area (Å²) in [6.07, 6.45) is 5.04. The van der Waals surface area contributed by atoms with E-state index in [-0.39, 0.29) is 11.2 Å². The second kappa shape index (κ2) is 7.97. The van der Waals surface area contributed by atoms with E-state index in [1.807, 2.05) is 31.2 Å². The predicted octanol–water partition coefficient (Wildman–Crippen LogP) is 3.19. The van der Waals surface area contributed by atoms with E-state index in [1.165, 1.54) is 17.3 Å². The number of carbonyl (C=O) groups is 1. The smallest absolute Gasteiger partial charge is 0.233 e. The molecule has 0 fully saturated rings. The van der Waals surface area contributed by atoms with E-state index < -0.39 is 0 Å². The van der Waals surface area contributed by atoms with Gasteiger partial charge in [-0.05, 0) is 24.5 Å². The van der Waals surface area contributed by atoms with Crippen LogP contribution < -0.4 is 5.32 Å². The van der Waals surface area contributed by atoms with Crippen LogP contribution in [0, 0.1) is 0 Å². The summed E-state index contributed by atoms with van der Waals surface area (Å²) in [5.41, 5.74) is 2.98. The summed E-state index contributed by atoms with van der Waals surface area (Å²) in [5, 5.41) is 3.62. The van der Waals surface area contributed by atoms with Crippen molar-refractivity contribution in [3.63, 3.8) is 0 Å². The van der Waals surface area contributed by atoms with Crippen LogP contribution in [0.25, 0.3) is 11.0 Å². The van der Waals surface area contributed by atoms with Crippen molar-refractivity contribution in [3.05, 3.63) is 54.4 Å². The molecular formula is C18H20N4OS. The zero-order valence-electron chi connectivity index (χ0n) is 13.5. The molecule has 0 saturated carbocycles. The van der Waals surface area contributed by atoms with Crippen molar-refractivity contribution in [3.8, 4) is 0 Å². The standard InChI is InChI=1S/C18H20N4OS/c1-2-16(17(23)20-11-8-13-6-4-3-5-7-13)24-18-21-14-9-10-19-12-15(14)22-18/h3-7,9-10,12,16H,2,8,11H2,1H3,(H,20,23)(H,21,22)/t16-/m1/s1. The van der Waals surface area contributed by atoms with Crippen LogP contribution >= 0.6 is 11.8 Å². The molecule has 0 aliphatic rings. The molecule has 1 amide bonds. The lowest BCUT2D eigenvalue weighted by atomic mass is 10.1. The molecular weight excluding hydrogens is 320 g/mol. The van der Waals surface area contributed by atoms with Gasteiger partial charge in [0.1, 0.15) is 0 Å². The third kappa shape index (κ3) is 4.14. The molecule has 0 spiro atoms. The Morgan fingerprint density at radius 1 is 1.29 bits per heavy atom. The molecule has 2 aromatic heterocycles. The van der Waals surface area contributed by atoms with Crippen molar-refractivity contribution in [2.45, 2.75) is 30.2 Å². The number of nitrogens with one attached hydrogen (secondary N) is 2. The topological polar surface area (TPSA) is 70.7 Å². The first-order valence-corrected chi connectivity index (χ1v) is 8.92. The number of benzene rings is 1. The Morgan fingerprint density at radius 2 is 2.12 bits per heavy atom. The van der Waals surface area contributed by atoms with E-state index in [1.54, 1.807) is 12.4 Å². The quantitative estimate of drug-likeness (QED) is 0.648. The summed E-state index contributed by atoms with van der Waals surface area (Å²) in [6, 6.07) is 12.0.